The summed E-state index contributed by atoms with van der Waals surface area (Å²) in [4.78, 5) is 36.0. The van der Waals surface area contributed by atoms with Gasteiger partial charge in [-0.1, -0.05) is 24.3 Å². The molecule has 2 aromatic carbocycles. The Morgan fingerprint density at radius 3 is 2.33 bits per heavy atom. The molecular formula is C20H22N2O5. The number of carbonyl (C=O) groups is 3. The highest BCUT2D eigenvalue weighted by Gasteiger charge is 2.14. The first-order valence-electron chi connectivity index (χ1n) is 8.49. The number of anilines is 1. The van der Waals surface area contributed by atoms with E-state index in [9.17, 15) is 14.4 Å². The zero-order valence-electron chi connectivity index (χ0n) is 15.3. The molecule has 0 aliphatic carbocycles. The number of rotatable bonds is 8. The molecule has 0 heterocycles. The fourth-order valence-corrected chi connectivity index (χ4v) is 2.34. The van der Waals surface area contributed by atoms with Crippen LogP contribution in [-0.2, 0) is 20.7 Å². The van der Waals surface area contributed by atoms with Gasteiger partial charge in [-0.3, -0.25) is 9.59 Å². The number of hydrogen-bond acceptors (Lipinski definition) is 5. The fourth-order valence-electron chi connectivity index (χ4n) is 2.34. The molecule has 0 radical (unpaired) electrons. The van der Waals surface area contributed by atoms with Gasteiger partial charge in [0.1, 0.15) is 5.75 Å². The van der Waals surface area contributed by atoms with Crippen LogP contribution in [-0.4, -0.2) is 38.0 Å². The van der Waals surface area contributed by atoms with E-state index in [0.717, 1.165) is 5.56 Å². The quantitative estimate of drug-likeness (QED) is 0.695. The van der Waals surface area contributed by atoms with Crippen molar-refractivity contribution in [2.45, 2.75) is 13.3 Å². The van der Waals surface area contributed by atoms with E-state index < -0.39 is 11.9 Å². The molecular weight excluding hydrogens is 348 g/mol. The zero-order chi connectivity index (χ0) is 19.6. The molecule has 0 aromatic heterocycles. The maximum Gasteiger partial charge on any atom is 0.340 e. The van der Waals surface area contributed by atoms with Crippen LogP contribution in [0.1, 0.15) is 22.8 Å². The van der Waals surface area contributed by atoms with Crippen molar-refractivity contribution in [3.63, 3.8) is 0 Å². The van der Waals surface area contributed by atoms with Crippen molar-refractivity contribution < 1.29 is 23.9 Å². The lowest BCUT2D eigenvalue weighted by Crippen LogP contribution is -2.34. The van der Waals surface area contributed by atoms with Crippen molar-refractivity contribution in [3.05, 3.63) is 59.7 Å². The Kier molecular flexibility index (Phi) is 7.37. The molecule has 2 amide bonds. The second-order valence-corrected chi connectivity index (χ2v) is 5.62. The van der Waals surface area contributed by atoms with Crippen LogP contribution in [0.25, 0.3) is 0 Å². The first-order valence-corrected chi connectivity index (χ1v) is 8.49. The van der Waals surface area contributed by atoms with Crippen molar-refractivity contribution >= 4 is 23.5 Å². The van der Waals surface area contributed by atoms with E-state index in [1.54, 1.807) is 62.6 Å². The molecule has 27 heavy (non-hydrogen) atoms. The standard InChI is InChI=1S/C20H22N2O5/c1-3-27-20(25)16-6-4-5-7-17(16)22-19(24)13-21-18(23)12-14-8-10-15(26-2)11-9-14/h4-11H,3,12-13H2,1-2H3,(H,21,23)(H,22,24). The van der Waals surface area contributed by atoms with E-state index in [2.05, 4.69) is 10.6 Å². The number of benzene rings is 2. The largest absolute Gasteiger partial charge is 0.497 e. The van der Waals surface area contributed by atoms with Gasteiger partial charge in [0.2, 0.25) is 11.8 Å². The summed E-state index contributed by atoms with van der Waals surface area (Å²) in [5.41, 5.74) is 1.41. The summed E-state index contributed by atoms with van der Waals surface area (Å²) in [6.45, 7) is 1.74. The molecule has 0 saturated heterocycles. The van der Waals surface area contributed by atoms with Crippen LogP contribution in [0.5, 0.6) is 5.75 Å². The monoisotopic (exact) mass is 370 g/mol. The highest BCUT2D eigenvalue weighted by atomic mass is 16.5. The van der Waals surface area contributed by atoms with Crippen LogP contribution in [0.4, 0.5) is 5.69 Å². The van der Waals surface area contributed by atoms with Crippen LogP contribution in [0.15, 0.2) is 48.5 Å². The number of ether oxygens (including phenoxy) is 2. The molecule has 7 nitrogen and oxygen atoms in total. The van der Waals surface area contributed by atoms with Gasteiger partial charge in [0, 0.05) is 0 Å². The van der Waals surface area contributed by atoms with Crippen molar-refractivity contribution in [2.75, 3.05) is 25.6 Å². The van der Waals surface area contributed by atoms with E-state index in [0.29, 0.717) is 11.4 Å². The van der Waals surface area contributed by atoms with Crippen molar-refractivity contribution in [1.82, 2.24) is 5.32 Å². The van der Waals surface area contributed by atoms with Gasteiger partial charge in [0.15, 0.2) is 0 Å². The zero-order valence-corrected chi connectivity index (χ0v) is 15.3. The smallest absolute Gasteiger partial charge is 0.340 e. The fraction of sp³-hybridized carbons (Fsp3) is 0.250. The van der Waals surface area contributed by atoms with E-state index in [-0.39, 0.29) is 31.0 Å². The van der Waals surface area contributed by atoms with Gasteiger partial charge in [-0.15, -0.1) is 0 Å². The number of methoxy groups -OCH3 is 1. The second-order valence-electron chi connectivity index (χ2n) is 5.62. The Bertz CT molecular complexity index is 802. The molecule has 142 valence electrons. The Morgan fingerprint density at radius 2 is 1.67 bits per heavy atom. The Hall–Kier alpha value is -3.35. The molecule has 7 heteroatoms. The summed E-state index contributed by atoms with van der Waals surface area (Å²) in [5.74, 6) is -0.528. The van der Waals surface area contributed by atoms with E-state index >= 15 is 0 Å². The topological polar surface area (TPSA) is 93.7 Å². The number of carbonyl (C=O) groups excluding carboxylic acids is 3. The lowest BCUT2D eigenvalue weighted by atomic mass is 10.1. The lowest BCUT2D eigenvalue weighted by molar-refractivity contribution is -0.123. The number of hydrogen-bond donors (Lipinski definition) is 2. The predicted octanol–water partition coefficient (Wildman–Crippen LogP) is 2.17. The molecule has 0 saturated carbocycles. The van der Waals surface area contributed by atoms with E-state index in [1.165, 1.54) is 0 Å². The third-order valence-corrected chi connectivity index (χ3v) is 3.67. The highest BCUT2D eigenvalue weighted by Crippen LogP contribution is 2.16. The Labute approximate surface area is 157 Å². The normalized spacial score (nSPS) is 10.0. The van der Waals surface area contributed by atoms with Crippen LogP contribution in [0.3, 0.4) is 0 Å². The number of amides is 2. The molecule has 0 fully saturated rings. The minimum atomic E-state index is -0.517. The summed E-state index contributed by atoms with van der Waals surface area (Å²) in [7, 11) is 1.57. The van der Waals surface area contributed by atoms with Crippen molar-refractivity contribution in [2.24, 2.45) is 0 Å². The third kappa shape index (κ3) is 6.14. The Balaban J connectivity index is 1.87. The maximum absolute atomic E-state index is 12.1. The summed E-state index contributed by atoms with van der Waals surface area (Å²) >= 11 is 0. The molecule has 2 N–H and O–H groups in total. The van der Waals surface area contributed by atoms with Gasteiger partial charge < -0.3 is 20.1 Å². The van der Waals surface area contributed by atoms with Gasteiger partial charge in [0.05, 0.1) is 37.9 Å². The molecule has 0 aliphatic rings. The Morgan fingerprint density at radius 1 is 0.963 bits per heavy atom. The number of nitrogens with one attached hydrogen (secondary N) is 2. The first-order chi connectivity index (χ1) is 13.0. The van der Waals surface area contributed by atoms with Crippen LogP contribution >= 0.6 is 0 Å². The predicted molar refractivity (Wildman–Crippen MR) is 101 cm³/mol. The number of esters is 1. The van der Waals surface area contributed by atoms with Gasteiger partial charge >= 0.3 is 5.97 Å². The lowest BCUT2D eigenvalue weighted by Gasteiger charge is -2.11. The molecule has 2 aromatic rings. The SMILES string of the molecule is CCOC(=O)c1ccccc1NC(=O)CNC(=O)Cc1ccc(OC)cc1. The maximum atomic E-state index is 12.1. The van der Waals surface area contributed by atoms with Crippen LogP contribution in [0.2, 0.25) is 0 Å². The summed E-state index contributed by atoms with van der Waals surface area (Å²) in [5, 5.41) is 5.17. The molecule has 0 unspecified atom stereocenters. The summed E-state index contributed by atoms with van der Waals surface area (Å²) in [6, 6.07) is 13.6. The highest BCUT2D eigenvalue weighted by molar-refractivity contribution is 6.02. The minimum Gasteiger partial charge on any atom is -0.497 e. The van der Waals surface area contributed by atoms with Gasteiger partial charge in [-0.2, -0.15) is 0 Å². The van der Waals surface area contributed by atoms with Crippen LogP contribution < -0.4 is 15.4 Å². The van der Waals surface area contributed by atoms with E-state index in [1.807, 2.05) is 0 Å². The van der Waals surface area contributed by atoms with E-state index in [4.69, 9.17) is 9.47 Å². The number of para-hydroxylation sites is 1. The minimum absolute atomic E-state index is 0.149. The third-order valence-electron chi connectivity index (χ3n) is 3.67. The molecule has 0 bridgehead atoms. The van der Waals surface area contributed by atoms with Gasteiger partial charge in [0.25, 0.3) is 0 Å². The van der Waals surface area contributed by atoms with Crippen LogP contribution in [0, 0.1) is 0 Å². The second kappa shape index (κ2) is 9.96. The first kappa shape index (κ1) is 20.0. The van der Waals surface area contributed by atoms with Crippen molar-refractivity contribution in [1.29, 1.82) is 0 Å². The molecule has 0 spiro atoms. The summed E-state index contributed by atoms with van der Waals surface area (Å²) < 4.78 is 10.0. The molecule has 0 aliphatic heterocycles. The van der Waals surface area contributed by atoms with Gasteiger partial charge in [-0.05, 0) is 36.8 Å². The van der Waals surface area contributed by atoms with Gasteiger partial charge in [-0.25, -0.2) is 4.79 Å². The molecule has 0 atom stereocenters. The summed E-state index contributed by atoms with van der Waals surface area (Å²) in [6.07, 6.45) is 0.149. The average molecular weight is 370 g/mol. The van der Waals surface area contributed by atoms with Crippen molar-refractivity contribution in [3.8, 4) is 5.75 Å². The molecule has 2 rings (SSSR count). The average Bonchev–Trinajstić information content (AvgIpc) is 2.67.